The summed E-state index contributed by atoms with van der Waals surface area (Å²) >= 11 is 0. The van der Waals surface area contributed by atoms with Crippen molar-refractivity contribution in [3.05, 3.63) is 24.5 Å². The lowest BCUT2D eigenvalue weighted by atomic mass is 10.3. The van der Waals surface area contributed by atoms with Crippen LogP contribution in [-0.2, 0) is 0 Å². The molecule has 2 heterocycles. The third kappa shape index (κ3) is 1.62. The van der Waals surface area contributed by atoms with E-state index in [1.54, 1.807) is 6.20 Å². The van der Waals surface area contributed by atoms with Crippen LogP contribution >= 0.6 is 0 Å². The molecule has 0 bridgehead atoms. The number of alkyl halides is 1. The van der Waals surface area contributed by atoms with Crippen LogP contribution in [0, 0.1) is 6.20 Å². The summed E-state index contributed by atoms with van der Waals surface area (Å²) in [6, 6.07) is 3.29. The van der Waals surface area contributed by atoms with Crippen molar-refractivity contribution in [2.75, 3.05) is 18.0 Å². The minimum absolute atomic E-state index is 0.351. The van der Waals surface area contributed by atoms with E-state index in [-0.39, 0.29) is 6.04 Å². The Morgan fingerprint density at radius 3 is 3.00 bits per heavy atom. The minimum Gasteiger partial charge on any atom is -0.365 e. The maximum atomic E-state index is 13.1. The number of aromatic nitrogens is 1. The molecule has 1 aromatic heterocycles. The summed E-state index contributed by atoms with van der Waals surface area (Å²) in [5.41, 5.74) is 6.37. The van der Waals surface area contributed by atoms with E-state index in [1.807, 2.05) is 17.0 Å². The van der Waals surface area contributed by atoms with Crippen LogP contribution in [-0.4, -0.2) is 30.3 Å². The van der Waals surface area contributed by atoms with E-state index in [0.29, 0.717) is 13.1 Å². The van der Waals surface area contributed by atoms with Gasteiger partial charge >= 0.3 is 0 Å². The van der Waals surface area contributed by atoms with Crippen molar-refractivity contribution < 1.29 is 4.39 Å². The summed E-state index contributed by atoms with van der Waals surface area (Å²) in [5, 5.41) is 0. The van der Waals surface area contributed by atoms with Gasteiger partial charge in [-0.3, -0.25) is 4.98 Å². The van der Waals surface area contributed by atoms with Crippen LogP contribution in [0.15, 0.2) is 18.3 Å². The second-order valence-electron chi connectivity index (χ2n) is 3.22. The molecule has 2 N–H and O–H groups in total. The molecule has 3 nitrogen and oxygen atoms in total. The molecule has 69 valence electrons. The Morgan fingerprint density at radius 2 is 2.46 bits per heavy atom. The third-order valence-corrected chi connectivity index (χ3v) is 2.23. The minimum atomic E-state index is -0.936. The topological polar surface area (TPSA) is 42.1 Å². The molecule has 1 saturated heterocycles. The number of rotatable bonds is 1. The van der Waals surface area contributed by atoms with Gasteiger partial charge in [0.2, 0.25) is 0 Å². The van der Waals surface area contributed by atoms with Crippen molar-refractivity contribution in [3.63, 3.8) is 0 Å². The predicted octanol–water partition coefficient (Wildman–Crippen LogP) is 0.367. The van der Waals surface area contributed by atoms with E-state index in [0.717, 1.165) is 5.69 Å². The Hall–Kier alpha value is -1.16. The number of hydrogen-bond donors (Lipinski definition) is 1. The lowest BCUT2D eigenvalue weighted by Crippen LogP contribution is -2.30. The average molecular weight is 180 g/mol. The fourth-order valence-electron chi connectivity index (χ4n) is 1.48. The van der Waals surface area contributed by atoms with Gasteiger partial charge in [0.05, 0.1) is 18.3 Å². The van der Waals surface area contributed by atoms with E-state index in [1.165, 1.54) is 0 Å². The largest absolute Gasteiger partial charge is 0.365 e. The number of hydrogen-bond acceptors (Lipinski definition) is 3. The predicted molar refractivity (Wildman–Crippen MR) is 48.2 cm³/mol. The third-order valence-electron chi connectivity index (χ3n) is 2.23. The SMILES string of the molecule is NC1CN(c2[c]nccc2)CC1F. The first-order valence-corrected chi connectivity index (χ1v) is 4.24. The van der Waals surface area contributed by atoms with Crippen molar-refractivity contribution >= 4 is 5.69 Å². The molecule has 13 heavy (non-hydrogen) atoms. The second-order valence-corrected chi connectivity index (χ2v) is 3.22. The maximum absolute atomic E-state index is 13.1. The zero-order valence-corrected chi connectivity index (χ0v) is 7.15. The zero-order chi connectivity index (χ0) is 9.26. The molecule has 2 unspecified atom stereocenters. The summed E-state index contributed by atoms with van der Waals surface area (Å²) in [5.74, 6) is 0. The summed E-state index contributed by atoms with van der Waals surface area (Å²) < 4.78 is 13.1. The van der Waals surface area contributed by atoms with Gasteiger partial charge in [-0.15, -0.1) is 0 Å². The lowest BCUT2D eigenvalue weighted by Gasteiger charge is -2.15. The van der Waals surface area contributed by atoms with Gasteiger partial charge in [0.1, 0.15) is 12.4 Å². The second kappa shape index (κ2) is 3.30. The van der Waals surface area contributed by atoms with Crippen molar-refractivity contribution in [3.8, 4) is 0 Å². The van der Waals surface area contributed by atoms with Crippen molar-refractivity contribution in [2.45, 2.75) is 12.2 Å². The van der Waals surface area contributed by atoms with Crippen LogP contribution in [0.5, 0.6) is 0 Å². The van der Waals surface area contributed by atoms with Crippen LogP contribution in [0.3, 0.4) is 0 Å². The first kappa shape index (κ1) is 8.44. The molecule has 2 atom stereocenters. The summed E-state index contributed by atoms with van der Waals surface area (Å²) in [7, 11) is 0. The molecule has 0 aromatic carbocycles. The monoisotopic (exact) mass is 180 g/mol. The summed E-state index contributed by atoms with van der Waals surface area (Å²) in [6.45, 7) is 0.896. The Balaban J connectivity index is 2.12. The van der Waals surface area contributed by atoms with Gasteiger partial charge in [-0.2, -0.15) is 0 Å². The molecule has 1 fully saturated rings. The Morgan fingerprint density at radius 1 is 1.62 bits per heavy atom. The van der Waals surface area contributed by atoms with Crippen molar-refractivity contribution in [1.29, 1.82) is 0 Å². The molecular formula is C9H11FN3. The molecule has 0 spiro atoms. The fourth-order valence-corrected chi connectivity index (χ4v) is 1.48. The van der Waals surface area contributed by atoms with E-state index >= 15 is 0 Å². The number of halogens is 1. The Kier molecular flexibility index (Phi) is 2.14. The van der Waals surface area contributed by atoms with Gasteiger partial charge in [-0.25, -0.2) is 4.39 Å². The quantitative estimate of drug-likeness (QED) is 0.678. The Labute approximate surface area is 76.4 Å². The van der Waals surface area contributed by atoms with Gasteiger partial charge < -0.3 is 10.6 Å². The number of nitrogens with two attached hydrogens (primary N) is 1. The lowest BCUT2D eigenvalue weighted by molar-refractivity contribution is 0.333. The van der Waals surface area contributed by atoms with E-state index in [9.17, 15) is 4.39 Å². The van der Waals surface area contributed by atoms with Gasteiger partial charge in [0.15, 0.2) is 0 Å². The van der Waals surface area contributed by atoms with E-state index in [4.69, 9.17) is 5.73 Å². The number of pyridine rings is 1. The zero-order valence-electron chi connectivity index (χ0n) is 7.15. The highest BCUT2D eigenvalue weighted by Gasteiger charge is 2.29. The van der Waals surface area contributed by atoms with Crippen LogP contribution < -0.4 is 10.6 Å². The maximum Gasteiger partial charge on any atom is 0.134 e. The highest BCUT2D eigenvalue weighted by molar-refractivity contribution is 5.44. The Bertz CT molecular complexity index is 267. The highest BCUT2D eigenvalue weighted by atomic mass is 19.1. The molecule has 1 radical (unpaired) electrons. The molecule has 1 aromatic rings. The van der Waals surface area contributed by atoms with Crippen molar-refractivity contribution in [2.24, 2.45) is 5.73 Å². The van der Waals surface area contributed by atoms with Crippen molar-refractivity contribution in [1.82, 2.24) is 4.98 Å². The molecule has 2 rings (SSSR count). The molecule has 0 aliphatic carbocycles. The first-order chi connectivity index (χ1) is 6.27. The number of anilines is 1. The highest BCUT2D eigenvalue weighted by Crippen LogP contribution is 2.19. The van der Waals surface area contributed by atoms with Gasteiger partial charge in [-0.1, -0.05) is 0 Å². The standard InChI is InChI=1S/C9H11FN3/c10-8-5-13(6-9(8)11)7-2-1-3-12-4-7/h1-3,8-9H,5-6,11H2. The average Bonchev–Trinajstić information content (AvgIpc) is 2.49. The molecule has 4 heteroatoms. The van der Waals surface area contributed by atoms with Gasteiger partial charge in [-0.05, 0) is 12.1 Å². The van der Waals surface area contributed by atoms with Gasteiger partial charge in [0.25, 0.3) is 0 Å². The van der Waals surface area contributed by atoms with Crippen LogP contribution in [0.4, 0.5) is 10.1 Å². The molecule has 1 aliphatic rings. The van der Waals surface area contributed by atoms with E-state index < -0.39 is 6.17 Å². The van der Waals surface area contributed by atoms with Crippen LogP contribution in [0.25, 0.3) is 0 Å². The molecule has 1 aliphatic heterocycles. The smallest absolute Gasteiger partial charge is 0.134 e. The summed E-state index contributed by atoms with van der Waals surface area (Å²) in [6.07, 6.45) is 3.51. The van der Waals surface area contributed by atoms with Gasteiger partial charge in [0, 0.05) is 12.7 Å². The molecular weight excluding hydrogens is 169 g/mol. The normalized spacial score (nSPS) is 28.0. The van der Waals surface area contributed by atoms with Crippen LogP contribution in [0.2, 0.25) is 0 Å². The molecule has 0 saturated carbocycles. The van der Waals surface area contributed by atoms with Crippen LogP contribution in [0.1, 0.15) is 0 Å². The summed E-state index contributed by atoms with van der Waals surface area (Å²) in [4.78, 5) is 5.71. The molecule has 0 amide bonds. The number of nitrogens with zero attached hydrogens (tertiary/aromatic N) is 2. The first-order valence-electron chi connectivity index (χ1n) is 4.24. The fraction of sp³-hybridized carbons (Fsp3) is 0.444. The van der Waals surface area contributed by atoms with E-state index in [2.05, 4.69) is 11.2 Å².